The Kier molecular flexibility index (Phi) is 4.25. The Bertz CT molecular complexity index is 619. The molecule has 1 aromatic rings. The third-order valence-corrected chi connectivity index (χ3v) is 4.58. The Morgan fingerprint density at radius 1 is 1.29 bits per heavy atom. The Labute approximate surface area is 124 Å². The van der Waals surface area contributed by atoms with Crippen LogP contribution >= 0.6 is 0 Å². The first kappa shape index (κ1) is 15.8. The second-order valence-corrected chi connectivity index (χ2v) is 7.31. The van der Waals surface area contributed by atoms with Gasteiger partial charge in [0.05, 0.1) is 5.41 Å². The van der Waals surface area contributed by atoms with E-state index in [1.54, 1.807) is 24.3 Å². The van der Waals surface area contributed by atoms with Crippen molar-refractivity contribution in [1.29, 1.82) is 0 Å². The van der Waals surface area contributed by atoms with Crippen LogP contribution in [-0.4, -0.2) is 26.0 Å². The first-order valence-corrected chi connectivity index (χ1v) is 8.35. The number of benzene rings is 1. The van der Waals surface area contributed by atoms with Gasteiger partial charge in [-0.3, -0.25) is 9.52 Å². The standard InChI is InChI=1S/C14H20N2O4S/c1-10(2)9-15-21(19,20)16-12-5-3-11(4-6-12)14(7-8-14)13(17)18/h3-6,10,15-16H,7-9H2,1-2H3,(H,17,18). The smallest absolute Gasteiger partial charge is 0.314 e. The van der Waals surface area contributed by atoms with Crippen molar-refractivity contribution in [2.24, 2.45) is 5.92 Å². The van der Waals surface area contributed by atoms with E-state index in [-0.39, 0.29) is 5.92 Å². The van der Waals surface area contributed by atoms with Gasteiger partial charge in [0.25, 0.3) is 10.2 Å². The topological polar surface area (TPSA) is 95.5 Å². The number of aliphatic carboxylic acids is 1. The second-order valence-electron chi connectivity index (χ2n) is 5.81. The summed E-state index contributed by atoms with van der Waals surface area (Å²) < 4.78 is 28.4. The normalized spacial score (nSPS) is 16.7. The summed E-state index contributed by atoms with van der Waals surface area (Å²) in [5, 5.41) is 9.21. The SMILES string of the molecule is CC(C)CNS(=O)(=O)Nc1ccc(C2(C(=O)O)CC2)cc1. The molecule has 0 unspecified atom stereocenters. The minimum Gasteiger partial charge on any atom is -0.481 e. The molecule has 21 heavy (non-hydrogen) atoms. The van der Waals surface area contributed by atoms with E-state index in [2.05, 4.69) is 9.44 Å². The third kappa shape index (κ3) is 3.74. The molecule has 0 heterocycles. The van der Waals surface area contributed by atoms with Crippen LogP contribution in [0.4, 0.5) is 5.69 Å². The van der Waals surface area contributed by atoms with Crippen LogP contribution in [0.25, 0.3) is 0 Å². The fourth-order valence-electron chi connectivity index (χ4n) is 2.08. The third-order valence-electron chi connectivity index (χ3n) is 3.53. The predicted molar refractivity (Wildman–Crippen MR) is 80.4 cm³/mol. The number of hydrogen-bond donors (Lipinski definition) is 3. The lowest BCUT2D eigenvalue weighted by molar-refractivity contribution is -0.140. The highest BCUT2D eigenvalue weighted by molar-refractivity contribution is 7.90. The van der Waals surface area contributed by atoms with Crippen molar-refractivity contribution in [3.8, 4) is 0 Å². The quantitative estimate of drug-likeness (QED) is 0.714. The maximum absolute atomic E-state index is 11.8. The van der Waals surface area contributed by atoms with Crippen LogP contribution in [0.1, 0.15) is 32.3 Å². The minimum absolute atomic E-state index is 0.217. The highest BCUT2D eigenvalue weighted by atomic mass is 32.2. The highest BCUT2D eigenvalue weighted by Gasteiger charge is 2.51. The zero-order valence-corrected chi connectivity index (χ0v) is 12.9. The van der Waals surface area contributed by atoms with E-state index >= 15 is 0 Å². The largest absolute Gasteiger partial charge is 0.481 e. The van der Waals surface area contributed by atoms with E-state index < -0.39 is 21.6 Å². The maximum atomic E-state index is 11.8. The minimum atomic E-state index is -3.60. The first-order chi connectivity index (χ1) is 9.75. The maximum Gasteiger partial charge on any atom is 0.314 e. The van der Waals surface area contributed by atoms with Crippen LogP contribution < -0.4 is 9.44 Å². The molecule has 0 atom stereocenters. The number of carboxylic acids is 1. The number of nitrogens with one attached hydrogen (secondary N) is 2. The van der Waals surface area contributed by atoms with E-state index in [1.165, 1.54) is 0 Å². The molecule has 0 spiro atoms. The van der Waals surface area contributed by atoms with Gasteiger partial charge in [-0.1, -0.05) is 26.0 Å². The molecule has 0 aliphatic heterocycles. The lowest BCUT2D eigenvalue weighted by atomic mass is 9.96. The molecule has 0 saturated heterocycles. The molecular formula is C14H20N2O4S. The zero-order valence-electron chi connectivity index (χ0n) is 12.1. The molecule has 0 radical (unpaired) electrons. The van der Waals surface area contributed by atoms with Crippen LogP contribution in [0.15, 0.2) is 24.3 Å². The summed E-state index contributed by atoms with van der Waals surface area (Å²) in [6.45, 7) is 4.19. The van der Waals surface area contributed by atoms with Crippen molar-refractivity contribution in [1.82, 2.24) is 4.72 Å². The molecule has 1 fully saturated rings. The molecule has 1 saturated carbocycles. The van der Waals surface area contributed by atoms with Gasteiger partial charge in [0.2, 0.25) is 0 Å². The summed E-state index contributed by atoms with van der Waals surface area (Å²) in [5.41, 5.74) is 0.358. The van der Waals surface area contributed by atoms with Crippen LogP contribution in [0.3, 0.4) is 0 Å². The van der Waals surface area contributed by atoms with Crippen molar-refractivity contribution >= 4 is 21.9 Å². The molecular weight excluding hydrogens is 292 g/mol. The fourth-order valence-corrected chi connectivity index (χ4v) is 3.15. The molecule has 0 aromatic heterocycles. The van der Waals surface area contributed by atoms with Gasteiger partial charge in [-0.05, 0) is 36.5 Å². The molecule has 6 nitrogen and oxygen atoms in total. The van der Waals surface area contributed by atoms with Crippen LogP contribution in [0.5, 0.6) is 0 Å². The van der Waals surface area contributed by atoms with E-state index in [0.717, 1.165) is 0 Å². The monoisotopic (exact) mass is 312 g/mol. The predicted octanol–water partition coefficient (Wildman–Crippen LogP) is 1.71. The van der Waals surface area contributed by atoms with E-state index in [4.69, 9.17) is 0 Å². The Morgan fingerprint density at radius 3 is 2.29 bits per heavy atom. The molecule has 116 valence electrons. The van der Waals surface area contributed by atoms with Crippen molar-refractivity contribution < 1.29 is 18.3 Å². The Hall–Kier alpha value is -1.60. The molecule has 1 aliphatic carbocycles. The number of hydrogen-bond acceptors (Lipinski definition) is 3. The number of anilines is 1. The van der Waals surface area contributed by atoms with Crippen LogP contribution in [0, 0.1) is 5.92 Å². The van der Waals surface area contributed by atoms with Gasteiger partial charge in [-0.2, -0.15) is 13.1 Å². The van der Waals surface area contributed by atoms with Gasteiger partial charge in [0.1, 0.15) is 0 Å². The van der Waals surface area contributed by atoms with Crippen molar-refractivity contribution in [2.45, 2.75) is 32.1 Å². The highest BCUT2D eigenvalue weighted by Crippen LogP contribution is 2.48. The van der Waals surface area contributed by atoms with Crippen molar-refractivity contribution in [3.63, 3.8) is 0 Å². The first-order valence-electron chi connectivity index (χ1n) is 6.86. The average Bonchev–Trinajstić information content (AvgIpc) is 3.18. The summed E-state index contributed by atoms with van der Waals surface area (Å²) in [5.74, 6) is -0.608. The number of carbonyl (C=O) groups is 1. The van der Waals surface area contributed by atoms with Crippen molar-refractivity contribution in [3.05, 3.63) is 29.8 Å². The second kappa shape index (κ2) is 5.65. The summed E-state index contributed by atoms with van der Waals surface area (Å²) in [4.78, 5) is 11.2. The number of rotatable bonds is 7. The molecule has 1 aliphatic rings. The van der Waals surface area contributed by atoms with E-state index in [1.807, 2.05) is 13.8 Å². The van der Waals surface area contributed by atoms with E-state index in [9.17, 15) is 18.3 Å². The molecule has 3 N–H and O–H groups in total. The zero-order chi connectivity index (χ0) is 15.7. The van der Waals surface area contributed by atoms with Gasteiger partial charge in [-0.25, -0.2) is 0 Å². The molecule has 0 bridgehead atoms. The molecule has 7 heteroatoms. The van der Waals surface area contributed by atoms with Crippen molar-refractivity contribution in [2.75, 3.05) is 11.3 Å². The van der Waals surface area contributed by atoms with Gasteiger partial charge in [-0.15, -0.1) is 0 Å². The summed E-state index contributed by atoms with van der Waals surface area (Å²) in [6.07, 6.45) is 1.26. The summed E-state index contributed by atoms with van der Waals surface area (Å²) in [7, 11) is -3.60. The lowest BCUT2D eigenvalue weighted by Gasteiger charge is -2.13. The van der Waals surface area contributed by atoms with Gasteiger partial charge < -0.3 is 5.11 Å². The lowest BCUT2D eigenvalue weighted by Crippen LogP contribution is -2.32. The summed E-state index contributed by atoms with van der Waals surface area (Å²) >= 11 is 0. The summed E-state index contributed by atoms with van der Waals surface area (Å²) in [6, 6.07) is 6.52. The Balaban J connectivity index is 2.05. The average molecular weight is 312 g/mol. The molecule has 0 amide bonds. The number of carboxylic acid groups (broad SMARTS) is 1. The van der Waals surface area contributed by atoms with Crippen LogP contribution in [0.2, 0.25) is 0 Å². The van der Waals surface area contributed by atoms with E-state index in [0.29, 0.717) is 30.6 Å². The van der Waals surface area contributed by atoms with Gasteiger partial charge in [0.15, 0.2) is 0 Å². The van der Waals surface area contributed by atoms with Crippen LogP contribution in [-0.2, 0) is 20.4 Å². The van der Waals surface area contributed by atoms with Gasteiger partial charge in [0, 0.05) is 12.2 Å². The van der Waals surface area contributed by atoms with Gasteiger partial charge >= 0.3 is 5.97 Å². The Morgan fingerprint density at radius 2 is 1.86 bits per heavy atom. The molecule has 1 aromatic carbocycles. The molecule has 2 rings (SSSR count). The fraction of sp³-hybridized carbons (Fsp3) is 0.500.